The highest BCUT2D eigenvalue weighted by molar-refractivity contribution is 7.89. The highest BCUT2D eigenvalue weighted by atomic mass is 32.2. The van der Waals surface area contributed by atoms with Crippen LogP contribution in [0.3, 0.4) is 0 Å². The van der Waals surface area contributed by atoms with Crippen LogP contribution in [0.25, 0.3) is 0 Å². The van der Waals surface area contributed by atoms with Crippen LogP contribution in [0.1, 0.15) is 25.8 Å². The summed E-state index contributed by atoms with van der Waals surface area (Å²) in [5.41, 5.74) is 1.11. The molecule has 0 aromatic heterocycles. The van der Waals surface area contributed by atoms with Gasteiger partial charge in [0, 0.05) is 13.1 Å². The molecule has 25 heavy (non-hydrogen) atoms. The molecule has 1 saturated heterocycles. The number of morpholine rings is 1. The monoisotopic (exact) mass is 368 g/mol. The van der Waals surface area contributed by atoms with Gasteiger partial charge in [0.25, 0.3) is 0 Å². The molecule has 0 bridgehead atoms. The molecular formula is C18H28N2O4S. The van der Waals surface area contributed by atoms with Crippen LogP contribution in [0.15, 0.2) is 30.3 Å². The second kappa shape index (κ2) is 9.31. The number of nitrogens with one attached hydrogen (secondary N) is 1. The topological polar surface area (TPSA) is 75.7 Å². The average molecular weight is 368 g/mol. The van der Waals surface area contributed by atoms with Gasteiger partial charge in [-0.05, 0) is 24.3 Å². The number of benzene rings is 1. The van der Waals surface area contributed by atoms with E-state index in [-0.39, 0.29) is 17.6 Å². The third kappa shape index (κ3) is 6.41. The molecular weight excluding hydrogens is 340 g/mol. The van der Waals surface area contributed by atoms with Gasteiger partial charge >= 0.3 is 0 Å². The molecule has 1 aromatic carbocycles. The minimum absolute atomic E-state index is 0.0154. The zero-order valence-electron chi connectivity index (χ0n) is 15.0. The normalized spacial score (nSPS) is 16.8. The lowest BCUT2D eigenvalue weighted by molar-refractivity contribution is -0.138. The predicted molar refractivity (Wildman–Crippen MR) is 97.7 cm³/mol. The number of nitrogens with zero attached hydrogens (tertiary/aromatic N) is 1. The molecule has 0 unspecified atom stereocenters. The van der Waals surface area contributed by atoms with E-state index in [1.54, 1.807) is 4.90 Å². The summed E-state index contributed by atoms with van der Waals surface area (Å²) < 4.78 is 32.7. The Balaban J connectivity index is 1.91. The van der Waals surface area contributed by atoms with Crippen LogP contribution >= 0.6 is 0 Å². The summed E-state index contributed by atoms with van der Waals surface area (Å²) in [6.45, 7) is 5.74. The number of amides is 1. The molecule has 0 aliphatic carbocycles. The Morgan fingerprint density at radius 3 is 2.44 bits per heavy atom. The largest absolute Gasteiger partial charge is 0.378 e. The summed E-state index contributed by atoms with van der Waals surface area (Å²) in [4.78, 5) is 14.3. The SMILES string of the molecule is CC(C)[C@@H](NS(=O)(=O)CCCc1ccccc1)C(=O)N1CCOCC1. The van der Waals surface area contributed by atoms with Crippen LogP contribution < -0.4 is 4.72 Å². The first-order valence-electron chi connectivity index (χ1n) is 8.79. The second-order valence-electron chi connectivity index (χ2n) is 6.69. The van der Waals surface area contributed by atoms with Crippen molar-refractivity contribution in [3.05, 3.63) is 35.9 Å². The van der Waals surface area contributed by atoms with Gasteiger partial charge in [-0.25, -0.2) is 13.1 Å². The van der Waals surface area contributed by atoms with Gasteiger partial charge in [-0.1, -0.05) is 44.2 Å². The van der Waals surface area contributed by atoms with Crippen molar-refractivity contribution in [1.29, 1.82) is 0 Å². The quantitative estimate of drug-likeness (QED) is 0.753. The lowest BCUT2D eigenvalue weighted by Crippen LogP contribution is -2.54. The molecule has 1 atom stereocenters. The van der Waals surface area contributed by atoms with E-state index in [1.807, 2.05) is 44.2 Å². The van der Waals surface area contributed by atoms with Crippen molar-refractivity contribution < 1.29 is 17.9 Å². The minimum Gasteiger partial charge on any atom is -0.378 e. The predicted octanol–water partition coefficient (Wildman–Crippen LogP) is 1.42. The van der Waals surface area contributed by atoms with Gasteiger partial charge in [0.15, 0.2) is 0 Å². The summed E-state index contributed by atoms with van der Waals surface area (Å²) in [6.07, 6.45) is 1.22. The number of sulfonamides is 1. The molecule has 1 aliphatic heterocycles. The molecule has 1 aliphatic rings. The number of rotatable bonds is 8. The van der Waals surface area contributed by atoms with Crippen LogP contribution in [0.5, 0.6) is 0 Å². The first-order chi connectivity index (χ1) is 11.9. The Bertz CT molecular complexity index is 640. The van der Waals surface area contributed by atoms with E-state index in [4.69, 9.17) is 4.74 Å². The first-order valence-corrected chi connectivity index (χ1v) is 10.4. The van der Waals surface area contributed by atoms with Gasteiger partial charge in [-0.3, -0.25) is 4.79 Å². The number of hydrogen-bond donors (Lipinski definition) is 1. The lowest BCUT2D eigenvalue weighted by Gasteiger charge is -2.32. The molecule has 1 heterocycles. The molecule has 1 fully saturated rings. The number of aryl methyl sites for hydroxylation is 1. The lowest BCUT2D eigenvalue weighted by atomic mass is 10.0. The maximum atomic E-state index is 12.7. The molecule has 1 amide bonds. The van der Waals surface area contributed by atoms with Gasteiger partial charge in [0.05, 0.1) is 19.0 Å². The summed E-state index contributed by atoms with van der Waals surface area (Å²) in [6, 6.07) is 9.07. The molecule has 0 spiro atoms. The second-order valence-corrected chi connectivity index (χ2v) is 8.56. The molecule has 140 valence electrons. The molecule has 1 N–H and O–H groups in total. The van der Waals surface area contributed by atoms with Crippen molar-refractivity contribution in [3.8, 4) is 0 Å². The van der Waals surface area contributed by atoms with E-state index in [0.29, 0.717) is 39.1 Å². The Hall–Kier alpha value is -1.44. The van der Waals surface area contributed by atoms with Crippen LogP contribution in [-0.2, 0) is 26.0 Å². The fourth-order valence-corrected chi connectivity index (χ4v) is 4.22. The third-order valence-corrected chi connectivity index (χ3v) is 5.72. The van der Waals surface area contributed by atoms with E-state index >= 15 is 0 Å². The molecule has 7 heteroatoms. The fourth-order valence-electron chi connectivity index (χ4n) is 2.82. The summed E-state index contributed by atoms with van der Waals surface area (Å²) in [5.74, 6) is -0.259. The third-order valence-electron chi connectivity index (χ3n) is 4.28. The van der Waals surface area contributed by atoms with Crippen molar-refractivity contribution in [3.63, 3.8) is 0 Å². The van der Waals surface area contributed by atoms with Crippen molar-refractivity contribution in [2.75, 3.05) is 32.1 Å². The van der Waals surface area contributed by atoms with Crippen LogP contribution in [0, 0.1) is 5.92 Å². The Morgan fingerprint density at radius 1 is 1.20 bits per heavy atom. The summed E-state index contributed by atoms with van der Waals surface area (Å²) in [5, 5.41) is 0. The van der Waals surface area contributed by atoms with E-state index in [9.17, 15) is 13.2 Å². The molecule has 0 saturated carbocycles. The van der Waals surface area contributed by atoms with Gasteiger partial charge in [0.1, 0.15) is 6.04 Å². The van der Waals surface area contributed by atoms with Crippen LogP contribution in [0.2, 0.25) is 0 Å². The van der Waals surface area contributed by atoms with Gasteiger partial charge < -0.3 is 9.64 Å². The number of carbonyl (C=O) groups is 1. The van der Waals surface area contributed by atoms with Crippen molar-refractivity contribution in [1.82, 2.24) is 9.62 Å². The minimum atomic E-state index is -3.51. The molecule has 0 radical (unpaired) electrons. The molecule has 1 aromatic rings. The van der Waals surface area contributed by atoms with Crippen LogP contribution in [-0.4, -0.2) is 57.3 Å². The maximum Gasteiger partial charge on any atom is 0.241 e. The summed E-state index contributed by atoms with van der Waals surface area (Å²) >= 11 is 0. The fraction of sp³-hybridized carbons (Fsp3) is 0.611. The van der Waals surface area contributed by atoms with Gasteiger partial charge in [-0.2, -0.15) is 0 Å². The van der Waals surface area contributed by atoms with Crippen molar-refractivity contribution >= 4 is 15.9 Å². The van der Waals surface area contributed by atoms with Crippen molar-refractivity contribution in [2.45, 2.75) is 32.7 Å². The maximum absolute atomic E-state index is 12.7. The number of hydrogen-bond acceptors (Lipinski definition) is 4. The summed E-state index contributed by atoms with van der Waals surface area (Å²) in [7, 11) is -3.51. The zero-order chi connectivity index (χ0) is 18.3. The van der Waals surface area contributed by atoms with Gasteiger partial charge in [-0.15, -0.1) is 0 Å². The van der Waals surface area contributed by atoms with E-state index in [2.05, 4.69) is 4.72 Å². The standard InChI is InChI=1S/C18H28N2O4S/c1-15(2)17(18(21)20-10-12-24-13-11-20)19-25(22,23)14-6-9-16-7-4-3-5-8-16/h3-5,7-8,15,17,19H,6,9-14H2,1-2H3/t17-/m1/s1. The molecule has 6 nitrogen and oxygen atoms in total. The number of carbonyl (C=O) groups excluding carboxylic acids is 1. The highest BCUT2D eigenvalue weighted by Gasteiger charge is 2.31. The molecule has 2 rings (SSSR count). The zero-order valence-corrected chi connectivity index (χ0v) is 15.8. The average Bonchev–Trinajstić information content (AvgIpc) is 2.60. The first kappa shape index (κ1) is 19.9. The van der Waals surface area contributed by atoms with Crippen molar-refractivity contribution in [2.24, 2.45) is 5.92 Å². The van der Waals surface area contributed by atoms with Gasteiger partial charge in [0.2, 0.25) is 15.9 Å². The van der Waals surface area contributed by atoms with Crippen LogP contribution in [0.4, 0.5) is 0 Å². The smallest absolute Gasteiger partial charge is 0.241 e. The Morgan fingerprint density at radius 2 is 1.84 bits per heavy atom. The van der Waals surface area contributed by atoms with E-state index < -0.39 is 16.1 Å². The number of ether oxygens (including phenoxy) is 1. The van der Waals surface area contributed by atoms with E-state index in [1.165, 1.54) is 0 Å². The Kier molecular flexibility index (Phi) is 7.40. The van der Waals surface area contributed by atoms with E-state index in [0.717, 1.165) is 5.56 Å². The Labute approximate surface area is 150 Å². The highest BCUT2D eigenvalue weighted by Crippen LogP contribution is 2.11.